The highest BCUT2D eigenvalue weighted by Gasteiger charge is 2.24. The molecule has 6 nitrogen and oxygen atoms in total. The van der Waals surface area contributed by atoms with Crippen LogP contribution in [0.25, 0.3) is 0 Å². The number of rotatable bonds is 6. The molecule has 2 amide bonds. The summed E-state index contributed by atoms with van der Waals surface area (Å²) in [5.41, 5.74) is 0.131. The van der Waals surface area contributed by atoms with E-state index in [9.17, 15) is 14.0 Å². The first-order chi connectivity index (χ1) is 11.8. The Labute approximate surface area is 146 Å². The molecule has 0 aliphatic rings. The van der Waals surface area contributed by atoms with Crippen molar-refractivity contribution >= 4 is 11.8 Å². The maximum atomic E-state index is 13.9. The molecule has 0 aliphatic carbocycles. The summed E-state index contributed by atoms with van der Waals surface area (Å²) >= 11 is 0. The van der Waals surface area contributed by atoms with Crippen LogP contribution in [0, 0.1) is 5.82 Å². The molecular weight excluding hydrogens is 325 g/mol. The van der Waals surface area contributed by atoms with Crippen molar-refractivity contribution in [3.63, 3.8) is 0 Å². The maximum absolute atomic E-state index is 13.9. The zero-order valence-electron chi connectivity index (χ0n) is 14.7. The topological polar surface area (TPSA) is 75.4 Å². The molecule has 0 saturated heterocycles. The zero-order chi connectivity index (χ0) is 18.6. The summed E-state index contributed by atoms with van der Waals surface area (Å²) in [6, 6.07) is 5.58. The van der Waals surface area contributed by atoms with Crippen molar-refractivity contribution in [2.24, 2.45) is 0 Å². The van der Waals surface area contributed by atoms with E-state index in [0.29, 0.717) is 0 Å². The van der Waals surface area contributed by atoms with Crippen LogP contribution in [-0.4, -0.2) is 33.8 Å². The predicted molar refractivity (Wildman–Crippen MR) is 90.5 cm³/mol. The zero-order valence-corrected chi connectivity index (χ0v) is 14.7. The lowest BCUT2D eigenvalue weighted by atomic mass is 10.1. The van der Waals surface area contributed by atoms with Gasteiger partial charge in [0.2, 0.25) is 5.89 Å². The summed E-state index contributed by atoms with van der Waals surface area (Å²) in [6.07, 6.45) is 1.25. The van der Waals surface area contributed by atoms with Crippen molar-refractivity contribution in [2.45, 2.75) is 46.3 Å². The second-order valence-electron chi connectivity index (χ2n) is 6.26. The standard InChI is InChI=1S/C18H22FN3O3/c1-11(2)20-17(23)15-10-25-16(21-15)9-22(12(3)4)18(24)13-7-5-6-8-14(13)19/h5-8,10-12H,9H2,1-4H3,(H,20,23). The molecule has 2 rings (SSSR count). The van der Waals surface area contributed by atoms with Gasteiger partial charge in [0.15, 0.2) is 5.69 Å². The highest BCUT2D eigenvalue weighted by Crippen LogP contribution is 2.16. The van der Waals surface area contributed by atoms with Gasteiger partial charge in [-0.1, -0.05) is 12.1 Å². The molecule has 25 heavy (non-hydrogen) atoms. The molecule has 0 radical (unpaired) electrons. The van der Waals surface area contributed by atoms with Crippen molar-refractivity contribution < 1.29 is 18.4 Å². The monoisotopic (exact) mass is 347 g/mol. The van der Waals surface area contributed by atoms with Crippen LogP contribution in [0.5, 0.6) is 0 Å². The van der Waals surface area contributed by atoms with Crippen molar-refractivity contribution in [1.82, 2.24) is 15.2 Å². The Bertz CT molecular complexity index is 756. The van der Waals surface area contributed by atoms with E-state index in [1.807, 2.05) is 27.7 Å². The quantitative estimate of drug-likeness (QED) is 0.871. The van der Waals surface area contributed by atoms with Crippen LogP contribution < -0.4 is 5.32 Å². The fourth-order valence-electron chi connectivity index (χ4n) is 2.25. The molecule has 2 aromatic rings. The minimum atomic E-state index is -0.581. The number of carbonyl (C=O) groups is 2. The smallest absolute Gasteiger partial charge is 0.273 e. The Hall–Kier alpha value is -2.70. The number of nitrogens with zero attached hydrogens (tertiary/aromatic N) is 2. The van der Waals surface area contributed by atoms with Gasteiger partial charge >= 0.3 is 0 Å². The van der Waals surface area contributed by atoms with Gasteiger partial charge in [-0.15, -0.1) is 0 Å². The summed E-state index contributed by atoms with van der Waals surface area (Å²) in [7, 11) is 0. The molecule has 134 valence electrons. The molecule has 0 bridgehead atoms. The van der Waals surface area contributed by atoms with Crippen molar-refractivity contribution in [2.75, 3.05) is 0 Å². The van der Waals surface area contributed by atoms with Crippen molar-refractivity contribution in [1.29, 1.82) is 0 Å². The number of carbonyl (C=O) groups excluding carboxylic acids is 2. The Morgan fingerprint density at radius 3 is 2.52 bits per heavy atom. The van der Waals surface area contributed by atoms with E-state index in [1.165, 1.54) is 29.4 Å². The SMILES string of the molecule is CC(C)NC(=O)c1coc(CN(C(=O)c2ccccc2F)C(C)C)n1. The molecule has 0 saturated carbocycles. The Kier molecular flexibility index (Phi) is 5.90. The molecule has 7 heteroatoms. The molecule has 1 aromatic heterocycles. The molecule has 0 aliphatic heterocycles. The molecule has 0 unspecified atom stereocenters. The number of nitrogens with one attached hydrogen (secondary N) is 1. The van der Waals surface area contributed by atoms with Crippen molar-refractivity contribution in [3.05, 3.63) is 53.5 Å². The van der Waals surface area contributed by atoms with Crippen LogP contribution in [0.4, 0.5) is 4.39 Å². The number of oxazole rings is 1. The fraction of sp³-hybridized carbons (Fsp3) is 0.389. The second kappa shape index (κ2) is 7.92. The van der Waals surface area contributed by atoms with Crippen LogP contribution in [0.3, 0.4) is 0 Å². The number of benzene rings is 1. The third-order valence-electron chi connectivity index (χ3n) is 3.50. The lowest BCUT2D eigenvalue weighted by molar-refractivity contribution is 0.0667. The van der Waals surface area contributed by atoms with Gasteiger partial charge in [0.1, 0.15) is 12.1 Å². The average Bonchev–Trinajstić information content (AvgIpc) is 3.00. The van der Waals surface area contributed by atoms with E-state index >= 15 is 0 Å². The third-order valence-corrected chi connectivity index (χ3v) is 3.50. The first-order valence-corrected chi connectivity index (χ1v) is 8.10. The Morgan fingerprint density at radius 1 is 1.24 bits per heavy atom. The van der Waals surface area contributed by atoms with E-state index in [1.54, 1.807) is 6.07 Å². The average molecular weight is 347 g/mol. The third kappa shape index (κ3) is 4.65. The van der Waals surface area contributed by atoms with Gasteiger partial charge in [0.25, 0.3) is 11.8 Å². The largest absolute Gasteiger partial charge is 0.446 e. The van der Waals surface area contributed by atoms with E-state index in [2.05, 4.69) is 10.3 Å². The molecule has 1 aromatic carbocycles. The Balaban J connectivity index is 2.18. The van der Waals surface area contributed by atoms with Gasteiger partial charge in [-0.2, -0.15) is 0 Å². The highest BCUT2D eigenvalue weighted by atomic mass is 19.1. The number of aromatic nitrogens is 1. The number of amides is 2. The van der Waals surface area contributed by atoms with Crippen molar-refractivity contribution in [3.8, 4) is 0 Å². The maximum Gasteiger partial charge on any atom is 0.273 e. The van der Waals surface area contributed by atoms with Gasteiger partial charge < -0.3 is 14.6 Å². The minimum absolute atomic E-state index is 0.0134. The van der Waals surface area contributed by atoms with Crippen LogP contribution >= 0.6 is 0 Å². The highest BCUT2D eigenvalue weighted by molar-refractivity contribution is 5.94. The van der Waals surface area contributed by atoms with Crippen LogP contribution in [0.1, 0.15) is 54.4 Å². The van der Waals surface area contributed by atoms with E-state index in [4.69, 9.17) is 4.42 Å². The Morgan fingerprint density at radius 2 is 1.92 bits per heavy atom. The van der Waals surface area contributed by atoms with Gasteiger partial charge in [-0.3, -0.25) is 9.59 Å². The summed E-state index contributed by atoms with van der Waals surface area (Å²) in [6.45, 7) is 7.35. The van der Waals surface area contributed by atoms with Crippen LogP contribution in [0.15, 0.2) is 34.9 Å². The number of halogens is 1. The molecule has 1 heterocycles. The number of hydrogen-bond acceptors (Lipinski definition) is 4. The molecule has 0 fully saturated rings. The second-order valence-corrected chi connectivity index (χ2v) is 6.26. The summed E-state index contributed by atoms with van der Waals surface area (Å²) in [5, 5.41) is 2.71. The summed E-state index contributed by atoms with van der Waals surface area (Å²) in [4.78, 5) is 30.1. The number of hydrogen-bond donors (Lipinski definition) is 1. The molecule has 0 spiro atoms. The fourth-order valence-corrected chi connectivity index (χ4v) is 2.25. The molecule has 0 atom stereocenters. The summed E-state index contributed by atoms with van der Waals surface area (Å²) in [5.74, 6) is -1.17. The van der Waals surface area contributed by atoms with Gasteiger partial charge in [0, 0.05) is 12.1 Å². The van der Waals surface area contributed by atoms with Crippen LogP contribution in [0.2, 0.25) is 0 Å². The van der Waals surface area contributed by atoms with E-state index in [0.717, 1.165) is 0 Å². The molecule has 1 N–H and O–H groups in total. The lowest BCUT2D eigenvalue weighted by Crippen LogP contribution is -2.37. The normalized spacial score (nSPS) is 11.0. The minimum Gasteiger partial charge on any atom is -0.446 e. The van der Waals surface area contributed by atoms with Gasteiger partial charge in [0.05, 0.1) is 12.1 Å². The van der Waals surface area contributed by atoms with Gasteiger partial charge in [-0.05, 0) is 39.8 Å². The van der Waals surface area contributed by atoms with Gasteiger partial charge in [-0.25, -0.2) is 9.37 Å². The summed E-state index contributed by atoms with van der Waals surface area (Å²) < 4.78 is 19.2. The van der Waals surface area contributed by atoms with E-state index < -0.39 is 11.7 Å². The molecular formula is C18H22FN3O3. The van der Waals surface area contributed by atoms with Crippen LogP contribution in [-0.2, 0) is 6.54 Å². The van der Waals surface area contributed by atoms with E-state index in [-0.39, 0.29) is 41.7 Å². The first kappa shape index (κ1) is 18.6. The first-order valence-electron chi connectivity index (χ1n) is 8.10. The lowest BCUT2D eigenvalue weighted by Gasteiger charge is -2.25. The predicted octanol–water partition coefficient (Wildman–Crippen LogP) is 3.00.